The number of nitrogens with zero attached hydrogens (tertiary/aromatic N) is 7. The lowest BCUT2D eigenvalue weighted by atomic mass is 10.3. The van der Waals surface area contributed by atoms with Crippen LogP contribution in [0.4, 0.5) is 18.9 Å². The Balaban J connectivity index is 0.000000327. The maximum atomic E-state index is 11.8. The standard InChI is InChI=1S/C9H12N2O.C8H11NO.C6H4F3N.C6H7NO.C5H4ClN.C5H5N.CH4/c1-3-10-4-2-9(1)11-5-7-12-8-6-11;1-2-7-10-8-3-5-9-6-4-8;7-6(8,9)5-1-3-10-4-2-5;1-8-6-2-4-7-5-3-6;6-5-1-3-7-4-2-5;1-2-4-6-5-3-1;/h1-4H,5-8H2;3-6H,2,7H2,1H3;1-4H;2-5H,1H3;1-4H;1-5H;1H4. The highest BCUT2D eigenvalue weighted by molar-refractivity contribution is 6.30. The quantitative estimate of drug-likeness (QED) is 0.168. The van der Waals surface area contributed by atoms with Gasteiger partial charge in [-0.15, -0.1) is 0 Å². The van der Waals surface area contributed by atoms with Gasteiger partial charge in [0, 0.05) is 98.2 Å². The maximum absolute atomic E-state index is 11.8. The van der Waals surface area contributed by atoms with E-state index in [2.05, 4.69) is 41.7 Å². The first kappa shape index (κ1) is 46.4. The van der Waals surface area contributed by atoms with Gasteiger partial charge in [-0.3, -0.25) is 29.9 Å². The van der Waals surface area contributed by atoms with E-state index >= 15 is 0 Å². The van der Waals surface area contributed by atoms with Crippen molar-refractivity contribution in [2.24, 2.45) is 0 Å². The summed E-state index contributed by atoms with van der Waals surface area (Å²) in [6, 6.07) is 22.4. The number of morpholine rings is 1. The van der Waals surface area contributed by atoms with Crippen molar-refractivity contribution < 1.29 is 27.4 Å². The second-order valence-corrected chi connectivity index (χ2v) is 10.6. The molecule has 0 bridgehead atoms. The molecule has 6 aromatic rings. The molecule has 0 atom stereocenters. The van der Waals surface area contributed by atoms with Crippen LogP contribution in [0.3, 0.4) is 0 Å². The van der Waals surface area contributed by atoms with E-state index in [9.17, 15) is 13.2 Å². The Morgan fingerprint density at radius 2 is 1.06 bits per heavy atom. The number of methoxy groups -OCH3 is 1. The van der Waals surface area contributed by atoms with Crippen molar-refractivity contribution in [1.82, 2.24) is 29.9 Å². The normalized spacial score (nSPS) is 11.1. The number of aromatic nitrogens is 6. The Bertz CT molecular complexity index is 1640. The zero-order chi connectivity index (χ0) is 38.2. The summed E-state index contributed by atoms with van der Waals surface area (Å²) in [5.74, 6) is 1.75. The van der Waals surface area contributed by atoms with Crippen molar-refractivity contribution in [3.8, 4) is 11.5 Å². The molecule has 1 aliphatic heterocycles. The molecule has 0 aliphatic carbocycles. The lowest BCUT2D eigenvalue weighted by molar-refractivity contribution is -0.137. The van der Waals surface area contributed by atoms with Crippen LogP contribution in [-0.2, 0) is 10.9 Å². The molecule has 54 heavy (non-hydrogen) atoms. The van der Waals surface area contributed by atoms with Crippen LogP contribution < -0.4 is 14.4 Å². The molecular formula is C40H47ClF3N7O3. The van der Waals surface area contributed by atoms with E-state index in [1.807, 2.05) is 54.9 Å². The van der Waals surface area contributed by atoms with Gasteiger partial charge in [0.05, 0.1) is 32.5 Å². The lowest BCUT2D eigenvalue weighted by Crippen LogP contribution is -2.36. The van der Waals surface area contributed by atoms with Crippen LogP contribution in [0.1, 0.15) is 26.3 Å². The Hall–Kier alpha value is -5.66. The molecule has 288 valence electrons. The predicted molar refractivity (Wildman–Crippen MR) is 208 cm³/mol. The van der Waals surface area contributed by atoms with Crippen molar-refractivity contribution in [3.63, 3.8) is 0 Å². The molecule has 0 spiro atoms. The maximum Gasteiger partial charge on any atom is 0.416 e. The first-order valence-electron chi connectivity index (χ1n) is 16.4. The summed E-state index contributed by atoms with van der Waals surface area (Å²) in [6.07, 6.45) is 16.3. The highest BCUT2D eigenvalue weighted by Crippen LogP contribution is 2.27. The molecule has 1 aliphatic rings. The van der Waals surface area contributed by atoms with Crippen molar-refractivity contribution >= 4 is 17.3 Å². The van der Waals surface area contributed by atoms with Crippen molar-refractivity contribution in [3.05, 3.63) is 164 Å². The van der Waals surface area contributed by atoms with Gasteiger partial charge < -0.3 is 19.1 Å². The Kier molecular flexibility index (Phi) is 25.6. The van der Waals surface area contributed by atoms with Gasteiger partial charge >= 0.3 is 6.18 Å². The zero-order valence-corrected chi connectivity index (χ0v) is 30.3. The molecule has 10 nitrogen and oxygen atoms in total. The number of hydrogen-bond donors (Lipinski definition) is 0. The average molecular weight is 766 g/mol. The molecule has 7 heterocycles. The van der Waals surface area contributed by atoms with E-state index in [0.717, 1.165) is 80.4 Å². The number of rotatable bonds is 5. The predicted octanol–water partition coefficient (Wildman–Crippen LogP) is 9.43. The topological polar surface area (TPSA) is 108 Å². The second-order valence-electron chi connectivity index (χ2n) is 10.1. The minimum absolute atomic E-state index is 0. The molecule has 0 radical (unpaired) electrons. The summed E-state index contributed by atoms with van der Waals surface area (Å²) in [5.41, 5.74) is 0.579. The fourth-order valence-corrected chi connectivity index (χ4v) is 3.81. The summed E-state index contributed by atoms with van der Waals surface area (Å²) < 4.78 is 50.7. The van der Waals surface area contributed by atoms with Gasteiger partial charge in [-0.2, -0.15) is 13.2 Å². The van der Waals surface area contributed by atoms with Gasteiger partial charge in [-0.25, -0.2) is 0 Å². The van der Waals surface area contributed by atoms with Gasteiger partial charge in [-0.05, 0) is 79.2 Å². The van der Waals surface area contributed by atoms with Gasteiger partial charge in [0.2, 0.25) is 0 Å². The molecule has 0 unspecified atom stereocenters. The number of anilines is 1. The largest absolute Gasteiger partial charge is 0.497 e. The van der Waals surface area contributed by atoms with Crippen LogP contribution in [-0.4, -0.2) is 69.9 Å². The van der Waals surface area contributed by atoms with E-state index in [1.54, 1.807) is 81.0 Å². The summed E-state index contributed by atoms with van der Waals surface area (Å²) in [7, 11) is 1.63. The van der Waals surface area contributed by atoms with E-state index in [-0.39, 0.29) is 7.43 Å². The first-order chi connectivity index (χ1) is 25.8. The number of pyridine rings is 6. The molecular weight excluding hydrogens is 719 g/mol. The van der Waals surface area contributed by atoms with Crippen molar-refractivity contribution in [2.45, 2.75) is 26.9 Å². The molecule has 0 amide bonds. The third kappa shape index (κ3) is 23.0. The average Bonchev–Trinajstić information content (AvgIpc) is 3.23. The van der Waals surface area contributed by atoms with E-state index in [4.69, 9.17) is 25.8 Å². The smallest absolute Gasteiger partial charge is 0.416 e. The number of ether oxygens (including phenoxy) is 3. The lowest BCUT2D eigenvalue weighted by Gasteiger charge is -2.28. The third-order valence-corrected chi connectivity index (χ3v) is 6.51. The van der Waals surface area contributed by atoms with Crippen LogP contribution >= 0.6 is 11.6 Å². The van der Waals surface area contributed by atoms with Crippen LogP contribution in [0.25, 0.3) is 0 Å². The highest BCUT2D eigenvalue weighted by Gasteiger charge is 2.29. The molecule has 0 aromatic carbocycles. The van der Waals surface area contributed by atoms with Gasteiger partial charge in [-0.1, -0.05) is 32.0 Å². The highest BCUT2D eigenvalue weighted by atomic mass is 35.5. The SMILES string of the molecule is C.CCCOc1ccncc1.COc1ccncc1.Clc1ccncc1.FC(F)(F)c1ccncc1.c1cc(N2CCOCC2)ccn1.c1ccncc1. The second kappa shape index (κ2) is 29.9. The number of halogens is 4. The van der Waals surface area contributed by atoms with Crippen molar-refractivity contribution in [2.75, 3.05) is 44.9 Å². The molecule has 1 saturated heterocycles. The Morgan fingerprint density at radius 1 is 0.630 bits per heavy atom. The van der Waals surface area contributed by atoms with E-state index in [1.165, 1.54) is 5.69 Å². The molecule has 0 saturated carbocycles. The fraction of sp³-hybridized carbons (Fsp3) is 0.250. The Morgan fingerprint density at radius 3 is 1.39 bits per heavy atom. The van der Waals surface area contributed by atoms with E-state index in [0.29, 0.717) is 0 Å². The van der Waals surface area contributed by atoms with Crippen LogP contribution in [0.2, 0.25) is 5.02 Å². The molecule has 6 aromatic heterocycles. The van der Waals surface area contributed by atoms with Crippen LogP contribution in [0.15, 0.2) is 153 Å². The monoisotopic (exact) mass is 765 g/mol. The minimum Gasteiger partial charge on any atom is -0.497 e. The summed E-state index contributed by atoms with van der Waals surface area (Å²) in [4.78, 5) is 25.0. The number of alkyl halides is 3. The minimum atomic E-state index is -4.25. The van der Waals surface area contributed by atoms with Crippen molar-refractivity contribution in [1.29, 1.82) is 0 Å². The summed E-state index contributed by atoms with van der Waals surface area (Å²) in [6.45, 7) is 6.52. The van der Waals surface area contributed by atoms with Gasteiger partial charge in [0.1, 0.15) is 11.5 Å². The van der Waals surface area contributed by atoms with E-state index < -0.39 is 11.7 Å². The van der Waals surface area contributed by atoms with Crippen LogP contribution in [0, 0.1) is 0 Å². The third-order valence-electron chi connectivity index (χ3n) is 6.26. The first-order valence-corrected chi connectivity index (χ1v) is 16.8. The Labute approximate surface area is 321 Å². The summed E-state index contributed by atoms with van der Waals surface area (Å²) in [5, 5.41) is 0.731. The molecule has 0 N–H and O–H groups in total. The zero-order valence-electron chi connectivity index (χ0n) is 29.5. The van der Waals surface area contributed by atoms with Crippen LogP contribution in [0.5, 0.6) is 11.5 Å². The summed E-state index contributed by atoms with van der Waals surface area (Å²) >= 11 is 5.50. The van der Waals surface area contributed by atoms with Gasteiger partial charge in [0.15, 0.2) is 0 Å². The molecule has 7 rings (SSSR count). The fourth-order valence-electron chi connectivity index (χ4n) is 3.69. The molecule has 14 heteroatoms. The number of hydrogen-bond acceptors (Lipinski definition) is 10. The van der Waals surface area contributed by atoms with Gasteiger partial charge in [0.25, 0.3) is 0 Å². The molecule has 1 fully saturated rings.